The van der Waals surface area contributed by atoms with Crippen molar-refractivity contribution < 1.29 is 4.74 Å². The Labute approximate surface area is 194 Å². The highest BCUT2D eigenvalue weighted by Crippen LogP contribution is 2.46. The number of halogens is 1. The zero-order valence-corrected chi connectivity index (χ0v) is 18.9. The first-order valence-corrected chi connectivity index (χ1v) is 11.5. The number of aliphatic imine (C=N–C) groups is 1. The van der Waals surface area contributed by atoms with E-state index in [0.29, 0.717) is 23.6 Å². The SMILES string of the molecule is C=C(c1cc(C)ccc1C1=C=CC=CC=N1)N1C(COc2ccc(Cl)cn2)CC2CC1C2. The molecule has 2 bridgehead atoms. The molecule has 0 N–H and O–H groups in total. The van der Waals surface area contributed by atoms with E-state index in [0.717, 1.165) is 34.9 Å². The lowest BCUT2D eigenvalue weighted by Crippen LogP contribution is -2.57. The predicted molar refractivity (Wildman–Crippen MR) is 131 cm³/mol. The molecule has 5 heteroatoms. The van der Waals surface area contributed by atoms with Gasteiger partial charge in [-0.2, -0.15) is 0 Å². The number of rotatable bonds is 6. The van der Waals surface area contributed by atoms with Crippen molar-refractivity contribution in [1.29, 1.82) is 0 Å². The highest BCUT2D eigenvalue weighted by atomic mass is 35.5. The molecule has 6 rings (SSSR count). The number of ether oxygens (including phenoxy) is 1. The van der Waals surface area contributed by atoms with Crippen LogP contribution in [0, 0.1) is 12.8 Å². The maximum atomic E-state index is 6.07. The minimum Gasteiger partial charge on any atom is -0.475 e. The number of aromatic nitrogens is 1. The van der Waals surface area contributed by atoms with Crippen molar-refractivity contribution >= 4 is 29.2 Å². The number of hydrogen-bond acceptors (Lipinski definition) is 4. The van der Waals surface area contributed by atoms with Crippen molar-refractivity contribution in [2.75, 3.05) is 6.61 Å². The Kier molecular flexibility index (Phi) is 5.73. The molecule has 1 aliphatic carbocycles. The molecule has 4 heterocycles. The first kappa shape index (κ1) is 20.8. The lowest BCUT2D eigenvalue weighted by molar-refractivity contribution is -0.00686. The van der Waals surface area contributed by atoms with E-state index >= 15 is 0 Å². The number of aryl methyl sites for hydroxylation is 1. The summed E-state index contributed by atoms with van der Waals surface area (Å²) in [4.78, 5) is 11.4. The second-order valence-corrected chi connectivity index (χ2v) is 9.17. The van der Waals surface area contributed by atoms with Crippen LogP contribution in [0.15, 0.2) is 72.1 Å². The number of allylic oxidation sites excluding steroid dienone is 3. The van der Waals surface area contributed by atoms with Gasteiger partial charge >= 0.3 is 0 Å². The quantitative estimate of drug-likeness (QED) is 0.507. The van der Waals surface area contributed by atoms with Crippen LogP contribution in [0.2, 0.25) is 5.02 Å². The van der Waals surface area contributed by atoms with Crippen molar-refractivity contribution in [2.45, 2.75) is 38.3 Å². The minimum atomic E-state index is 0.259. The molecule has 162 valence electrons. The Morgan fingerprint density at radius 3 is 2.91 bits per heavy atom. The largest absolute Gasteiger partial charge is 0.475 e. The fraction of sp³-hybridized carbons (Fsp3) is 0.296. The number of fused-ring (bicyclic) bond motifs is 2. The first-order chi connectivity index (χ1) is 15.6. The van der Waals surface area contributed by atoms with Crippen LogP contribution in [-0.4, -0.2) is 34.8 Å². The average molecular weight is 444 g/mol. The second-order valence-electron chi connectivity index (χ2n) is 8.73. The topological polar surface area (TPSA) is 37.7 Å². The molecule has 2 aromatic rings. The minimum absolute atomic E-state index is 0.259. The summed E-state index contributed by atoms with van der Waals surface area (Å²) >= 11 is 5.96. The van der Waals surface area contributed by atoms with Gasteiger partial charge in [-0.25, -0.2) is 9.98 Å². The molecule has 0 radical (unpaired) electrons. The second kappa shape index (κ2) is 8.82. The molecule has 1 unspecified atom stereocenters. The molecule has 0 spiro atoms. The Hall–Kier alpha value is -3.07. The smallest absolute Gasteiger partial charge is 0.213 e. The van der Waals surface area contributed by atoms with Crippen LogP contribution >= 0.6 is 11.6 Å². The van der Waals surface area contributed by atoms with Crippen molar-refractivity contribution in [1.82, 2.24) is 9.88 Å². The van der Waals surface area contributed by atoms with Crippen LogP contribution in [0.3, 0.4) is 0 Å². The maximum Gasteiger partial charge on any atom is 0.213 e. The summed E-state index contributed by atoms with van der Waals surface area (Å²) in [6.07, 6.45) is 12.7. The van der Waals surface area contributed by atoms with Crippen molar-refractivity contribution in [3.63, 3.8) is 0 Å². The summed E-state index contributed by atoms with van der Waals surface area (Å²) in [5, 5.41) is 0.609. The molecular weight excluding hydrogens is 418 g/mol. The van der Waals surface area contributed by atoms with Crippen LogP contribution < -0.4 is 4.74 Å². The van der Waals surface area contributed by atoms with Gasteiger partial charge in [0.2, 0.25) is 5.88 Å². The van der Waals surface area contributed by atoms with Gasteiger partial charge in [-0.3, -0.25) is 0 Å². The van der Waals surface area contributed by atoms with Gasteiger partial charge in [0, 0.05) is 41.3 Å². The lowest BCUT2D eigenvalue weighted by Gasteiger charge is -2.55. The summed E-state index contributed by atoms with van der Waals surface area (Å²) < 4.78 is 6.07. The van der Waals surface area contributed by atoms with Crippen molar-refractivity contribution in [3.8, 4) is 5.88 Å². The van der Waals surface area contributed by atoms with E-state index in [1.807, 2.05) is 30.5 Å². The Morgan fingerprint density at radius 1 is 1.22 bits per heavy atom. The van der Waals surface area contributed by atoms with Crippen LogP contribution in [-0.2, 0) is 0 Å². The van der Waals surface area contributed by atoms with E-state index in [1.165, 1.54) is 18.4 Å². The van der Waals surface area contributed by atoms with Gasteiger partial charge in [0.25, 0.3) is 0 Å². The predicted octanol–water partition coefficient (Wildman–Crippen LogP) is 6.08. The highest BCUT2D eigenvalue weighted by Gasteiger charge is 2.45. The molecule has 3 aliphatic heterocycles. The lowest BCUT2D eigenvalue weighted by atomic mass is 9.70. The Bertz CT molecular complexity index is 1150. The molecule has 1 aromatic carbocycles. The van der Waals surface area contributed by atoms with E-state index in [9.17, 15) is 0 Å². The van der Waals surface area contributed by atoms with E-state index in [1.54, 1.807) is 12.3 Å². The molecule has 1 saturated carbocycles. The molecule has 0 amide bonds. The normalized spacial score (nSPS) is 23.4. The fourth-order valence-electron chi connectivity index (χ4n) is 4.91. The van der Waals surface area contributed by atoms with Crippen LogP contribution in [0.25, 0.3) is 11.4 Å². The zero-order chi connectivity index (χ0) is 22.1. The van der Waals surface area contributed by atoms with Gasteiger partial charge in [-0.15, -0.1) is 0 Å². The molecule has 4 nitrogen and oxygen atoms in total. The zero-order valence-electron chi connectivity index (χ0n) is 18.2. The van der Waals surface area contributed by atoms with Crippen molar-refractivity contribution in [3.05, 3.63) is 88.8 Å². The van der Waals surface area contributed by atoms with Gasteiger partial charge in [0.1, 0.15) is 12.3 Å². The molecule has 1 atom stereocenters. The number of hydrogen-bond donors (Lipinski definition) is 0. The molecule has 4 aliphatic rings. The molecular formula is C27H26ClN3O. The van der Waals surface area contributed by atoms with E-state index in [4.69, 9.17) is 16.3 Å². The number of pyridine rings is 1. The molecule has 1 aromatic heterocycles. The molecule has 3 fully saturated rings. The van der Waals surface area contributed by atoms with E-state index < -0.39 is 0 Å². The number of benzene rings is 1. The number of piperidine rings is 2. The summed E-state index contributed by atoms with van der Waals surface area (Å²) in [5.74, 6) is 1.38. The highest BCUT2D eigenvalue weighted by molar-refractivity contribution is 6.30. The third kappa shape index (κ3) is 4.17. The number of nitrogens with zero attached hydrogens (tertiary/aromatic N) is 3. The maximum absolute atomic E-state index is 6.07. The third-order valence-corrected chi connectivity index (χ3v) is 6.72. The van der Waals surface area contributed by atoms with Crippen LogP contribution in [0.1, 0.15) is 36.0 Å². The summed E-state index contributed by atoms with van der Waals surface area (Å²) in [6.45, 7) is 7.27. The summed E-state index contributed by atoms with van der Waals surface area (Å²) in [7, 11) is 0. The summed E-state index contributed by atoms with van der Waals surface area (Å²) in [6, 6.07) is 10.9. The fourth-order valence-corrected chi connectivity index (χ4v) is 5.02. The Morgan fingerprint density at radius 2 is 2.09 bits per heavy atom. The standard InChI is InChI=1S/C27H26ClN3O/c1-18-7-9-24(26-6-4-3-5-11-29-26)25(12-18)19(2)31-22-13-20(14-22)15-23(31)17-32-27-10-8-21(28)16-30-27/h3-5,7-12,16,20,22-23H,2,13-15,17H2,1H3. The third-order valence-electron chi connectivity index (χ3n) is 6.50. The first-order valence-electron chi connectivity index (χ1n) is 11.1. The Balaban J connectivity index is 1.43. The van der Waals surface area contributed by atoms with E-state index in [-0.39, 0.29) is 6.04 Å². The van der Waals surface area contributed by atoms with Crippen molar-refractivity contribution in [2.24, 2.45) is 10.9 Å². The monoisotopic (exact) mass is 443 g/mol. The average Bonchev–Trinajstić information content (AvgIpc) is 3.07. The van der Waals surface area contributed by atoms with Gasteiger partial charge < -0.3 is 9.64 Å². The van der Waals surface area contributed by atoms with Crippen LogP contribution in [0.4, 0.5) is 0 Å². The van der Waals surface area contributed by atoms with E-state index in [2.05, 4.69) is 52.3 Å². The summed E-state index contributed by atoms with van der Waals surface area (Å²) in [5.41, 5.74) is 8.53. The van der Waals surface area contributed by atoms with Gasteiger partial charge in [0.05, 0.1) is 11.1 Å². The van der Waals surface area contributed by atoms with Gasteiger partial charge in [-0.1, -0.05) is 47.7 Å². The van der Waals surface area contributed by atoms with Gasteiger partial charge in [-0.05, 0) is 56.4 Å². The van der Waals surface area contributed by atoms with Gasteiger partial charge in [0.15, 0.2) is 0 Å². The molecule has 2 saturated heterocycles. The molecule has 32 heavy (non-hydrogen) atoms. The van der Waals surface area contributed by atoms with Crippen LogP contribution in [0.5, 0.6) is 5.88 Å².